The molecule has 3 rings (SSSR count). The standard InChI is InChI=1S/C22H32N4O3/c1-16-20(24-29-23-16)14-25(5)21(27)17-7-6-8-19(13-17)28-18-9-11-26(12-10-18)15-22(2,3)4/h6-8,13,18H,9-12,14-15H2,1-5H3. The van der Waals surface area contributed by atoms with Gasteiger partial charge in [-0.3, -0.25) is 4.79 Å². The number of aromatic nitrogens is 2. The van der Waals surface area contributed by atoms with Crippen LogP contribution in [-0.4, -0.2) is 58.8 Å². The zero-order chi connectivity index (χ0) is 21.0. The summed E-state index contributed by atoms with van der Waals surface area (Å²) >= 11 is 0. The van der Waals surface area contributed by atoms with Gasteiger partial charge in [0.2, 0.25) is 0 Å². The van der Waals surface area contributed by atoms with Crippen LogP contribution in [0.25, 0.3) is 0 Å². The minimum atomic E-state index is -0.0853. The monoisotopic (exact) mass is 400 g/mol. The number of benzene rings is 1. The Morgan fingerprint density at radius 1 is 1.28 bits per heavy atom. The van der Waals surface area contributed by atoms with Crippen LogP contribution >= 0.6 is 0 Å². The molecule has 0 radical (unpaired) electrons. The third-order valence-corrected chi connectivity index (χ3v) is 5.10. The number of rotatable bonds is 6. The summed E-state index contributed by atoms with van der Waals surface area (Å²) in [5.74, 6) is 0.663. The molecular weight excluding hydrogens is 368 g/mol. The van der Waals surface area contributed by atoms with E-state index in [0.717, 1.165) is 38.2 Å². The van der Waals surface area contributed by atoms with Crippen molar-refractivity contribution < 1.29 is 14.2 Å². The molecule has 7 nitrogen and oxygen atoms in total. The van der Waals surface area contributed by atoms with Crippen molar-refractivity contribution in [2.45, 2.75) is 53.2 Å². The van der Waals surface area contributed by atoms with Crippen LogP contribution in [0.15, 0.2) is 28.9 Å². The Kier molecular flexibility index (Phi) is 6.57. The normalized spacial score (nSPS) is 16.0. The fourth-order valence-electron chi connectivity index (χ4n) is 3.66. The summed E-state index contributed by atoms with van der Waals surface area (Å²) in [5.41, 5.74) is 2.27. The van der Waals surface area contributed by atoms with E-state index < -0.39 is 0 Å². The maximum Gasteiger partial charge on any atom is 0.254 e. The van der Waals surface area contributed by atoms with Crippen molar-refractivity contribution in [3.05, 3.63) is 41.2 Å². The average Bonchev–Trinajstić information content (AvgIpc) is 3.06. The lowest BCUT2D eigenvalue weighted by Gasteiger charge is -2.36. The molecule has 1 fully saturated rings. The molecule has 7 heteroatoms. The van der Waals surface area contributed by atoms with E-state index in [9.17, 15) is 4.79 Å². The first-order valence-corrected chi connectivity index (χ1v) is 10.2. The van der Waals surface area contributed by atoms with Gasteiger partial charge in [0.05, 0.1) is 6.54 Å². The van der Waals surface area contributed by atoms with E-state index >= 15 is 0 Å². The first kappa shape index (κ1) is 21.3. The zero-order valence-corrected chi connectivity index (χ0v) is 18.1. The zero-order valence-electron chi connectivity index (χ0n) is 18.1. The molecule has 29 heavy (non-hydrogen) atoms. The fourth-order valence-corrected chi connectivity index (χ4v) is 3.66. The predicted octanol–water partition coefficient (Wildman–Crippen LogP) is 3.54. The second-order valence-corrected chi connectivity index (χ2v) is 9.14. The average molecular weight is 401 g/mol. The molecule has 1 aromatic heterocycles. The van der Waals surface area contributed by atoms with Gasteiger partial charge in [-0.2, -0.15) is 0 Å². The molecular formula is C22H32N4O3. The Hall–Kier alpha value is -2.41. The molecule has 0 unspecified atom stereocenters. The number of likely N-dealkylation sites (tertiary alicyclic amines) is 1. The molecule has 0 N–H and O–H groups in total. The number of hydrogen-bond acceptors (Lipinski definition) is 6. The Bertz CT molecular complexity index is 819. The Labute approximate surface area is 173 Å². The molecule has 0 atom stereocenters. The summed E-state index contributed by atoms with van der Waals surface area (Å²) < 4.78 is 10.9. The highest BCUT2D eigenvalue weighted by Gasteiger charge is 2.24. The molecule has 1 amide bonds. The van der Waals surface area contributed by atoms with Crippen LogP contribution in [0.2, 0.25) is 0 Å². The summed E-state index contributed by atoms with van der Waals surface area (Å²) in [7, 11) is 1.74. The van der Waals surface area contributed by atoms with Gasteiger partial charge in [0, 0.05) is 32.2 Å². The summed E-state index contributed by atoms with van der Waals surface area (Å²) in [4.78, 5) is 16.9. The Morgan fingerprint density at radius 3 is 2.62 bits per heavy atom. The highest BCUT2D eigenvalue weighted by molar-refractivity contribution is 5.94. The van der Waals surface area contributed by atoms with Gasteiger partial charge >= 0.3 is 0 Å². The smallest absolute Gasteiger partial charge is 0.254 e. The number of hydrogen-bond donors (Lipinski definition) is 0. The summed E-state index contributed by atoms with van der Waals surface area (Å²) in [6, 6.07) is 7.43. The number of aryl methyl sites for hydroxylation is 1. The third-order valence-electron chi connectivity index (χ3n) is 5.10. The van der Waals surface area contributed by atoms with E-state index in [1.165, 1.54) is 0 Å². The predicted molar refractivity (Wildman–Crippen MR) is 111 cm³/mol. The summed E-state index contributed by atoms with van der Waals surface area (Å²) in [6.45, 7) is 12.2. The number of amides is 1. The van der Waals surface area contributed by atoms with Crippen molar-refractivity contribution in [1.29, 1.82) is 0 Å². The van der Waals surface area contributed by atoms with Gasteiger partial charge in [0.1, 0.15) is 23.2 Å². The van der Waals surface area contributed by atoms with Crippen molar-refractivity contribution in [1.82, 2.24) is 20.1 Å². The molecule has 1 aromatic carbocycles. The second-order valence-electron chi connectivity index (χ2n) is 9.14. The topological polar surface area (TPSA) is 71.7 Å². The quantitative estimate of drug-likeness (QED) is 0.739. The van der Waals surface area contributed by atoms with Gasteiger partial charge in [-0.15, -0.1) is 0 Å². The lowest BCUT2D eigenvalue weighted by atomic mass is 9.94. The van der Waals surface area contributed by atoms with Crippen molar-refractivity contribution in [3.63, 3.8) is 0 Å². The molecule has 0 bridgehead atoms. The van der Waals surface area contributed by atoms with Crippen LogP contribution in [-0.2, 0) is 6.54 Å². The van der Waals surface area contributed by atoms with E-state index in [4.69, 9.17) is 9.37 Å². The molecule has 1 saturated heterocycles. The molecule has 2 aromatic rings. The van der Waals surface area contributed by atoms with Gasteiger partial charge in [-0.1, -0.05) is 37.2 Å². The van der Waals surface area contributed by atoms with Gasteiger partial charge in [0.15, 0.2) is 0 Å². The van der Waals surface area contributed by atoms with E-state index in [0.29, 0.717) is 28.9 Å². The Morgan fingerprint density at radius 2 is 2.00 bits per heavy atom. The van der Waals surface area contributed by atoms with E-state index in [-0.39, 0.29) is 12.0 Å². The number of carbonyl (C=O) groups is 1. The first-order chi connectivity index (χ1) is 13.7. The first-order valence-electron chi connectivity index (χ1n) is 10.2. The molecule has 0 aliphatic carbocycles. The minimum Gasteiger partial charge on any atom is -0.490 e. The van der Waals surface area contributed by atoms with Gasteiger partial charge in [-0.05, 0) is 43.4 Å². The Balaban J connectivity index is 1.56. The molecule has 2 heterocycles. The fraction of sp³-hybridized carbons (Fsp3) is 0.591. The van der Waals surface area contributed by atoms with Crippen LogP contribution in [0.4, 0.5) is 0 Å². The number of ether oxygens (including phenoxy) is 1. The number of piperidine rings is 1. The van der Waals surface area contributed by atoms with Crippen LogP contribution in [0.1, 0.15) is 55.4 Å². The highest BCUT2D eigenvalue weighted by atomic mass is 16.6. The molecule has 1 aliphatic rings. The van der Waals surface area contributed by atoms with Gasteiger partial charge in [0.25, 0.3) is 5.91 Å². The largest absolute Gasteiger partial charge is 0.490 e. The SMILES string of the molecule is Cc1nonc1CN(C)C(=O)c1cccc(OC2CCN(CC(C)(C)C)CC2)c1. The van der Waals surface area contributed by atoms with E-state index in [1.54, 1.807) is 11.9 Å². The van der Waals surface area contributed by atoms with Crippen LogP contribution in [0.5, 0.6) is 5.75 Å². The number of nitrogens with zero attached hydrogens (tertiary/aromatic N) is 4. The molecule has 1 aliphatic heterocycles. The van der Waals surface area contributed by atoms with Crippen molar-refractivity contribution in [2.24, 2.45) is 5.41 Å². The lowest BCUT2D eigenvalue weighted by molar-refractivity contribution is 0.0770. The summed E-state index contributed by atoms with van der Waals surface area (Å²) in [5, 5.41) is 7.60. The lowest BCUT2D eigenvalue weighted by Crippen LogP contribution is -2.42. The van der Waals surface area contributed by atoms with Crippen molar-refractivity contribution >= 4 is 5.91 Å². The second kappa shape index (κ2) is 8.95. The van der Waals surface area contributed by atoms with Crippen LogP contribution in [0, 0.1) is 12.3 Å². The molecule has 0 saturated carbocycles. The van der Waals surface area contributed by atoms with Gasteiger partial charge < -0.3 is 14.5 Å². The number of carbonyl (C=O) groups excluding carboxylic acids is 1. The van der Waals surface area contributed by atoms with Crippen molar-refractivity contribution in [2.75, 3.05) is 26.7 Å². The van der Waals surface area contributed by atoms with Gasteiger partial charge in [-0.25, -0.2) is 4.63 Å². The maximum absolute atomic E-state index is 12.8. The van der Waals surface area contributed by atoms with E-state index in [2.05, 4.69) is 36.0 Å². The maximum atomic E-state index is 12.8. The van der Waals surface area contributed by atoms with E-state index in [1.807, 2.05) is 31.2 Å². The summed E-state index contributed by atoms with van der Waals surface area (Å²) in [6.07, 6.45) is 2.21. The highest BCUT2D eigenvalue weighted by Crippen LogP contribution is 2.23. The van der Waals surface area contributed by atoms with Crippen LogP contribution < -0.4 is 4.74 Å². The van der Waals surface area contributed by atoms with Crippen molar-refractivity contribution in [3.8, 4) is 5.75 Å². The third kappa shape index (κ3) is 6.03. The molecule has 0 spiro atoms. The molecule has 158 valence electrons. The minimum absolute atomic E-state index is 0.0853. The van der Waals surface area contributed by atoms with Crippen LogP contribution in [0.3, 0.4) is 0 Å².